The van der Waals surface area contributed by atoms with Gasteiger partial charge in [0.1, 0.15) is 0 Å². The first-order chi connectivity index (χ1) is 10.2. The summed E-state index contributed by atoms with van der Waals surface area (Å²) in [5, 5.41) is 0. The number of aliphatic imine (C=N–C) groups is 1. The zero-order valence-corrected chi connectivity index (χ0v) is 14.1. The molecule has 1 atom stereocenters. The van der Waals surface area contributed by atoms with E-state index in [2.05, 4.69) is 38.8 Å². The molecule has 0 unspecified atom stereocenters. The van der Waals surface area contributed by atoms with Gasteiger partial charge in [0.25, 0.3) is 0 Å². The fraction of sp³-hybridized carbons (Fsp3) is 0.375. The van der Waals surface area contributed by atoms with Crippen LogP contribution in [0.15, 0.2) is 35.3 Å². The van der Waals surface area contributed by atoms with Gasteiger partial charge in [0.15, 0.2) is 0 Å². The Balaban J connectivity index is -0.000000206. The molecule has 0 saturated carbocycles. The van der Waals surface area contributed by atoms with E-state index in [9.17, 15) is 0 Å². The maximum absolute atomic E-state index is 7.50. The first-order valence-corrected chi connectivity index (χ1v) is 5.92. The second-order valence-corrected chi connectivity index (χ2v) is 3.96. The van der Waals surface area contributed by atoms with Crippen LogP contribution in [0, 0.1) is 25.9 Å². The Hall–Kier alpha value is -1.40. The van der Waals surface area contributed by atoms with Gasteiger partial charge < -0.3 is 4.74 Å². The first-order valence-electron chi connectivity index (χ1n) is 5.92. The predicted molar refractivity (Wildman–Crippen MR) is 76.3 cm³/mol. The van der Waals surface area contributed by atoms with Gasteiger partial charge in [-0.3, -0.25) is 4.99 Å². The Morgan fingerprint density at radius 1 is 1.05 bits per heavy atom. The number of benzene rings is 1. The maximum Gasteiger partial charge on any atom is 0 e. The van der Waals surface area contributed by atoms with Crippen LogP contribution >= 0.6 is 0 Å². The van der Waals surface area contributed by atoms with Crippen molar-refractivity contribution in [3.05, 3.63) is 55.8 Å². The predicted octanol–water partition coefficient (Wildman–Crippen LogP) is 2.66. The van der Waals surface area contributed by atoms with Crippen LogP contribution in [-0.2, 0) is 36.1 Å². The Morgan fingerprint density at radius 3 is 1.86 bits per heavy atom. The largest absolute Gasteiger partial charge is 0 e. The minimum Gasteiger partial charge on any atom is 0 e. The second kappa shape index (κ2) is 24.6. The summed E-state index contributed by atoms with van der Waals surface area (Å²) >= 11 is 0. The van der Waals surface area contributed by atoms with Crippen LogP contribution < -0.4 is 0 Å². The van der Waals surface area contributed by atoms with Crippen molar-refractivity contribution in [1.29, 1.82) is 0 Å². The van der Waals surface area contributed by atoms with Crippen LogP contribution in [0.2, 0.25) is 0 Å². The van der Waals surface area contributed by atoms with Gasteiger partial charge in [-0.25, -0.2) is 0 Å². The van der Waals surface area contributed by atoms with Crippen molar-refractivity contribution in [2.75, 3.05) is 13.7 Å². The molecule has 1 rings (SSSR count). The summed E-state index contributed by atoms with van der Waals surface area (Å²) < 4.78 is 27.6. The average molecular weight is 341 g/mol. The molecule has 0 heterocycles. The molecular weight excluding hydrogens is 322 g/mol. The molecule has 0 N–H and O–H groups in total. The molecule has 1 aromatic carbocycles. The van der Waals surface area contributed by atoms with Gasteiger partial charge in [0, 0.05) is 30.7 Å². The van der Waals surface area contributed by atoms with Crippen molar-refractivity contribution in [2.24, 2.45) is 10.9 Å². The molecule has 5 nitrogen and oxygen atoms in total. The van der Waals surface area contributed by atoms with Crippen molar-refractivity contribution < 1.29 is 36.1 Å². The van der Waals surface area contributed by atoms with Gasteiger partial charge in [0.2, 0.25) is 0 Å². The van der Waals surface area contributed by atoms with E-state index in [1.165, 1.54) is 0 Å². The summed E-state index contributed by atoms with van der Waals surface area (Å²) in [5.74, 6) is 0.505. The van der Waals surface area contributed by atoms with E-state index in [0.29, 0.717) is 12.5 Å². The summed E-state index contributed by atoms with van der Waals surface area (Å²) in [6, 6.07) is 10.4. The Morgan fingerprint density at radius 2 is 1.50 bits per heavy atom. The maximum atomic E-state index is 7.50. The van der Waals surface area contributed by atoms with Crippen LogP contribution in [-0.4, -0.2) is 26.0 Å². The SMILES string of the molecule is COC[C@H](N=Cc1ccccc1)C(C)C.[C-]#[O+].[C-]#[O+].[C-]#[O+].[Cr]. The topological polar surface area (TPSA) is 81.3 Å². The fourth-order valence-corrected chi connectivity index (χ4v) is 1.30. The van der Waals surface area contributed by atoms with Crippen LogP contribution in [0.4, 0.5) is 0 Å². The number of ether oxygens (including phenoxy) is 1. The minimum absolute atomic E-state index is 0. The van der Waals surface area contributed by atoms with Gasteiger partial charge in [-0.1, -0.05) is 44.2 Å². The van der Waals surface area contributed by atoms with E-state index in [1.54, 1.807) is 7.11 Å². The van der Waals surface area contributed by atoms with Gasteiger partial charge in [0.05, 0.1) is 12.6 Å². The molecular formula is C16H19CrNO4. The molecule has 118 valence electrons. The number of methoxy groups -OCH3 is 1. The van der Waals surface area contributed by atoms with Crippen molar-refractivity contribution in [3.63, 3.8) is 0 Å². The summed E-state index contributed by atoms with van der Waals surface area (Å²) in [7, 11) is 1.72. The van der Waals surface area contributed by atoms with E-state index in [4.69, 9.17) is 18.7 Å². The molecule has 1 aromatic rings. The molecule has 0 aromatic heterocycles. The third-order valence-electron chi connectivity index (χ3n) is 2.32. The van der Waals surface area contributed by atoms with Crippen LogP contribution in [0.5, 0.6) is 0 Å². The summed E-state index contributed by atoms with van der Waals surface area (Å²) in [5.41, 5.74) is 1.14. The molecule has 6 heteroatoms. The Kier molecular flexibility index (Phi) is 32.1. The van der Waals surface area contributed by atoms with Gasteiger partial charge in [-0.2, -0.15) is 0 Å². The number of hydrogen-bond acceptors (Lipinski definition) is 2. The van der Waals surface area contributed by atoms with Gasteiger partial charge >= 0.3 is 33.9 Å². The van der Waals surface area contributed by atoms with Crippen molar-refractivity contribution in [1.82, 2.24) is 0 Å². The van der Waals surface area contributed by atoms with E-state index >= 15 is 0 Å². The minimum atomic E-state index is 0. The molecule has 0 saturated heterocycles. The third kappa shape index (κ3) is 16.7. The van der Waals surface area contributed by atoms with Crippen molar-refractivity contribution in [2.45, 2.75) is 19.9 Å². The standard InChI is InChI=1S/C13H19NO.3CO.Cr/c1-11(2)13(10-15-3)14-9-12-7-5-4-6-8-12;3*1-2;/h4-9,11,13H,10H2,1-3H3;;;;/t13-;;;;/m0..../s1. The zero-order valence-electron chi connectivity index (χ0n) is 12.8. The molecule has 0 bridgehead atoms. The first kappa shape index (κ1) is 28.7. The summed E-state index contributed by atoms with van der Waals surface area (Å²) in [6.45, 7) is 18.5. The molecule has 0 aliphatic rings. The van der Waals surface area contributed by atoms with Crippen molar-refractivity contribution >= 4 is 6.21 Å². The average Bonchev–Trinajstić information content (AvgIpc) is 2.57. The Bertz CT molecular complexity index is 399. The van der Waals surface area contributed by atoms with Crippen LogP contribution in [0.3, 0.4) is 0 Å². The molecule has 0 amide bonds. The van der Waals surface area contributed by atoms with E-state index in [0.717, 1.165) is 5.56 Å². The zero-order chi connectivity index (χ0) is 17.1. The number of rotatable bonds is 5. The summed E-state index contributed by atoms with van der Waals surface area (Å²) in [6.07, 6.45) is 1.92. The van der Waals surface area contributed by atoms with Crippen LogP contribution in [0.25, 0.3) is 0 Å². The quantitative estimate of drug-likeness (QED) is 0.460. The monoisotopic (exact) mass is 341 g/mol. The normalized spacial score (nSPS) is 9.55. The molecule has 0 aliphatic heterocycles. The van der Waals surface area contributed by atoms with Crippen molar-refractivity contribution in [3.8, 4) is 0 Å². The van der Waals surface area contributed by atoms with Gasteiger partial charge in [-0.15, -0.1) is 0 Å². The molecule has 0 radical (unpaired) electrons. The molecule has 0 spiro atoms. The van der Waals surface area contributed by atoms with E-state index < -0.39 is 0 Å². The molecule has 0 aliphatic carbocycles. The molecule has 0 fully saturated rings. The summed E-state index contributed by atoms with van der Waals surface area (Å²) in [4.78, 5) is 4.53. The smallest absolute Gasteiger partial charge is 0 e. The Labute approximate surface area is 143 Å². The van der Waals surface area contributed by atoms with E-state index in [-0.39, 0.29) is 23.4 Å². The van der Waals surface area contributed by atoms with Gasteiger partial charge in [-0.05, 0) is 11.5 Å². The fourth-order valence-electron chi connectivity index (χ4n) is 1.30. The third-order valence-corrected chi connectivity index (χ3v) is 2.32. The molecule has 22 heavy (non-hydrogen) atoms. The number of nitrogens with zero attached hydrogens (tertiary/aromatic N) is 1. The number of hydrogen-bond donors (Lipinski definition) is 0. The van der Waals surface area contributed by atoms with Crippen LogP contribution in [0.1, 0.15) is 19.4 Å². The second-order valence-electron chi connectivity index (χ2n) is 3.96. The van der Waals surface area contributed by atoms with E-state index in [1.807, 2.05) is 36.5 Å².